The molecular weight excluding hydrogens is 250 g/mol. The van der Waals surface area contributed by atoms with Crippen molar-refractivity contribution in [2.24, 2.45) is 0 Å². The summed E-state index contributed by atoms with van der Waals surface area (Å²) in [5.41, 5.74) is 1.98. The lowest BCUT2D eigenvalue weighted by molar-refractivity contribution is 0.416. The molecule has 2 aromatic rings. The predicted octanol–water partition coefficient (Wildman–Crippen LogP) is 3.54. The van der Waals surface area contributed by atoms with E-state index in [0.717, 1.165) is 42.2 Å². The van der Waals surface area contributed by atoms with Gasteiger partial charge in [-0.2, -0.15) is 0 Å². The largest absolute Gasteiger partial charge is 0.496 e. The molecule has 4 heteroatoms. The van der Waals surface area contributed by atoms with Gasteiger partial charge in [-0.1, -0.05) is 25.5 Å². The van der Waals surface area contributed by atoms with Crippen molar-refractivity contribution < 1.29 is 4.74 Å². The van der Waals surface area contributed by atoms with Gasteiger partial charge in [0.2, 0.25) is 0 Å². The van der Waals surface area contributed by atoms with E-state index in [0.29, 0.717) is 5.82 Å². The zero-order chi connectivity index (χ0) is 14.4. The highest BCUT2D eigenvalue weighted by Gasteiger charge is 2.10. The Hall–Kier alpha value is -2.10. The molecule has 0 radical (unpaired) electrons. The zero-order valence-corrected chi connectivity index (χ0v) is 12.3. The summed E-state index contributed by atoms with van der Waals surface area (Å²) in [4.78, 5) is 9.24. The molecule has 0 saturated carbocycles. The van der Waals surface area contributed by atoms with E-state index in [1.165, 1.54) is 0 Å². The van der Waals surface area contributed by atoms with Crippen LogP contribution in [0, 0.1) is 0 Å². The van der Waals surface area contributed by atoms with Crippen LogP contribution in [0.4, 0.5) is 5.82 Å². The molecule has 2 rings (SSSR count). The van der Waals surface area contributed by atoms with Crippen molar-refractivity contribution in [3.05, 3.63) is 36.0 Å². The number of aryl methyl sites for hydroxylation is 1. The van der Waals surface area contributed by atoms with Gasteiger partial charge in [0, 0.05) is 18.3 Å². The summed E-state index contributed by atoms with van der Waals surface area (Å²) < 4.78 is 5.40. The minimum Gasteiger partial charge on any atom is -0.496 e. The number of aromatic nitrogens is 2. The first kappa shape index (κ1) is 14.3. The van der Waals surface area contributed by atoms with Gasteiger partial charge in [0.05, 0.1) is 12.7 Å². The standard InChI is InChI=1S/C16H21N3O/c1-4-8-12-11-15(17-5-2)19-16(18-12)13-9-6-7-10-14(13)20-3/h6-7,9-11H,4-5,8H2,1-3H3,(H,17,18,19). The summed E-state index contributed by atoms with van der Waals surface area (Å²) in [5.74, 6) is 2.37. The molecule has 0 aliphatic carbocycles. The third-order valence-corrected chi connectivity index (χ3v) is 2.99. The molecule has 0 aliphatic rings. The van der Waals surface area contributed by atoms with Crippen LogP contribution in [0.25, 0.3) is 11.4 Å². The van der Waals surface area contributed by atoms with Gasteiger partial charge < -0.3 is 10.1 Å². The summed E-state index contributed by atoms with van der Waals surface area (Å²) in [6.45, 7) is 5.05. The molecule has 0 amide bonds. The van der Waals surface area contributed by atoms with Gasteiger partial charge in [0.15, 0.2) is 5.82 Å². The molecule has 0 spiro atoms. The average Bonchev–Trinajstić information content (AvgIpc) is 2.47. The Labute approximate surface area is 120 Å². The van der Waals surface area contributed by atoms with E-state index < -0.39 is 0 Å². The van der Waals surface area contributed by atoms with E-state index >= 15 is 0 Å². The lowest BCUT2D eigenvalue weighted by atomic mass is 10.1. The first-order chi connectivity index (χ1) is 9.78. The summed E-state index contributed by atoms with van der Waals surface area (Å²) in [6, 6.07) is 9.85. The number of rotatable bonds is 6. The maximum absolute atomic E-state index is 5.40. The molecule has 0 unspecified atom stereocenters. The normalized spacial score (nSPS) is 10.3. The van der Waals surface area contributed by atoms with Crippen LogP contribution in [-0.4, -0.2) is 23.6 Å². The van der Waals surface area contributed by atoms with Crippen LogP contribution in [0.3, 0.4) is 0 Å². The highest BCUT2D eigenvalue weighted by atomic mass is 16.5. The summed E-state index contributed by atoms with van der Waals surface area (Å²) in [5, 5.41) is 3.26. The molecule has 106 valence electrons. The van der Waals surface area contributed by atoms with Crippen LogP contribution in [0.5, 0.6) is 5.75 Å². The smallest absolute Gasteiger partial charge is 0.165 e. The molecule has 1 N–H and O–H groups in total. The van der Waals surface area contributed by atoms with Crippen molar-refractivity contribution in [2.45, 2.75) is 26.7 Å². The number of ether oxygens (including phenoxy) is 1. The Kier molecular flexibility index (Phi) is 4.93. The van der Waals surface area contributed by atoms with Gasteiger partial charge in [-0.3, -0.25) is 0 Å². The molecule has 0 bridgehead atoms. The molecule has 4 nitrogen and oxygen atoms in total. The van der Waals surface area contributed by atoms with Crippen molar-refractivity contribution in [3.8, 4) is 17.1 Å². The SMILES string of the molecule is CCCc1cc(NCC)nc(-c2ccccc2OC)n1. The molecule has 1 aromatic heterocycles. The minimum absolute atomic E-state index is 0.712. The number of nitrogens with one attached hydrogen (secondary N) is 1. The van der Waals surface area contributed by atoms with Gasteiger partial charge in [0.25, 0.3) is 0 Å². The topological polar surface area (TPSA) is 47.0 Å². The molecule has 1 aromatic carbocycles. The third kappa shape index (κ3) is 3.26. The first-order valence-electron chi connectivity index (χ1n) is 7.03. The maximum Gasteiger partial charge on any atom is 0.165 e. The maximum atomic E-state index is 5.40. The van der Waals surface area contributed by atoms with Crippen LogP contribution in [-0.2, 0) is 6.42 Å². The van der Waals surface area contributed by atoms with Crippen molar-refractivity contribution in [1.29, 1.82) is 0 Å². The summed E-state index contributed by atoms with van der Waals surface area (Å²) in [7, 11) is 1.67. The van der Waals surface area contributed by atoms with E-state index in [1.54, 1.807) is 7.11 Å². The molecular formula is C16H21N3O. The van der Waals surface area contributed by atoms with E-state index in [-0.39, 0.29) is 0 Å². The second-order valence-corrected chi connectivity index (χ2v) is 4.55. The molecule has 0 atom stereocenters. The molecule has 0 aliphatic heterocycles. The highest BCUT2D eigenvalue weighted by molar-refractivity contribution is 5.65. The van der Waals surface area contributed by atoms with Crippen LogP contribution in [0.1, 0.15) is 26.0 Å². The number of anilines is 1. The summed E-state index contributed by atoms with van der Waals surface area (Å²) in [6.07, 6.45) is 2.01. The number of para-hydroxylation sites is 1. The van der Waals surface area contributed by atoms with Crippen LogP contribution in [0.15, 0.2) is 30.3 Å². The van der Waals surface area contributed by atoms with Crippen LogP contribution < -0.4 is 10.1 Å². The Morgan fingerprint density at radius 1 is 1.15 bits per heavy atom. The Morgan fingerprint density at radius 3 is 2.65 bits per heavy atom. The monoisotopic (exact) mass is 271 g/mol. The zero-order valence-electron chi connectivity index (χ0n) is 12.3. The minimum atomic E-state index is 0.712. The molecule has 0 fully saturated rings. The highest BCUT2D eigenvalue weighted by Crippen LogP contribution is 2.28. The van der Waals surface area contributed by atoms with Gasteiger partial charge in [-0.05, 0) is 25.5 Å². The number of benzene rings is 1. The fourth-order valence-electron chi connectivity index (χ4n) is 2.10. The Balaban J connectivity index is 2.48. The van der Waals surface area contributed by atoms with E-state index in [4.69, 9.17) is 4.74 Å². The Morgan fingerprint density at radius 2 is 1.95 bits per heavy atom. The van der Waals surface area contributed by atoms with E-state index in [9.17, 15) is 0 Å². The van der Waals surface area contributed by atoms with Crippen molar-refractivity contribution in [1.82, 2.24) is 9.97 Å². The molecule has 0 saturated heterocycles. The predicted molar refractivity (Wildman–Crippen MR) is 82.2 cm³/mol. The Bertz CT molecular complexity index is 545. The van der Waals surface area contributed by atoms with E-state index in [2.05, 4.69) is 29.1 Å². The first-order valence-corrected chi connectivity index (χ1v) is 7.03. The second-order valence-electron chi connectivity index (χ2n) is 4.55. The molecule has 1 heterocycles. The quantitative estimate of drug-likeness (QED) is 0.873. The van der Waals surface area contributed by atoms with Gasteiger partial charge >= 0.3 is 0 Å². The van der Waals surface area contributed by atoms with Gasteiger partial charge in [0.1, 0.15) is 11.6 Å². The number of hydrogen-bond donors (Lipinski definition) is 1. The van der Waals surface area contributed by atoms with E-state index in [1.807, 2.05) is 30.3 Å². The van der Waals surface area contributed by atoms with Crippen LogP contribution >= 0.6 is 0 Å². The number of methoxy groups -OCH3 is 1. The van der Waals surface area contributed by atoms with Crippen molar-refractivity contribution >= 4 is 5.82 Å². The fourth-order valence-corrected chi connectivity index (χ4v) is 2.10. The van der Waals surface area contributed by atoms with Gasteiger partial charge in [-0.25, -0.2) is 9.97 Å². The lowest BCUT2D eigenvalue weighted by Gasteiger charge is -2.11. The lowest BCUT2D eigenvalue weighted by Crippen LogP contribution is -2.04. The average molecular weight is 271 g/mol. The van der Waals surface area contributed by atoms with Crippen molar-refractivity contribution in [2.75, 3.05) is 19.0 Å². The summed E-state index contributed by atoms with van der Waals surface area (Å²) >= 11 is 0. The van der Waals surface area contributed by atoms with Gasteiger partial charge in [-0.15, -0.1) is 0 Å². The number of nitrogens with zero attached hydrogens (tertiary/aromatic N) is 2. The van der Waals surface area contributed by atoms with Crippen LogP contribution in [0.2, 0.25) is 0 Å². The third-order valence-electron chi connectivity index (χ3n) is 2.99. The van der Waals surface area contributed by atoms with Crippen molar-refractivity contribution in [3.63, 3.8) is 0 Å². The fraction of sp³-hybridized carbons (Fsp3) is 0.375. The number of hydrogen-bond acceptors (Lipinski definition) is 4. The second kappa shape index (κ2) is 6.89. The molecule has 20 heavy (non-hydrogen) atoms.